The second-order valence-corrected chi connectivity index (χ2v) is 5.02. The van der Waals surface area contributed by atoms with E-state index in [0.29, 0.717) is 10.5 Å². The Balaban J connectivity index is 2.45. The van der Waals surface area contributed by atoms with Crippen LogP contribution in [0.1, 0.15) is 18.5 Å². The maximum Gasteiger partial charge on any atom is 0.253 e. The molecule has 5 N–H and O–H groups in total. The predicted molar refractivity (Wildman–Crippen MR) is 72.4 cm³/mol. The summed E-state index contributed by atoms with van der Waals surface area (Å²) in [6.45, 7) is 1.76. The normalized spacial score (nSPS) is 12.4. The summed E-state index contributed by atoms with van der Waals surface area (Å²) in [4.78, 5) is 18.1. The van der Waals surface area contributed by atoms with E-state index >= 15 is 0 Å². The molecule has 1 aromatic heterocycles. The molecule has 5 nitrogen and oxygen atoms in total. The first kappa shape index (κ1) is 13.6. The van der Waals surface area contributed by atoms with Gasteiger partial charge in [-0.1, -0.05) is 12.1 Å². The van der Waals surface area contributed by atoms with E-state index in [1.165, 1.54) is 6.07 Å². The van der Waals surface area contributed by atoms with Crippen molar-refractivity contribution in [1.82, 2.24) is 9.97 Å². The number of halogens is 1. The van der Waals surface area contributed by atoms with Gasteiger partial charge in [0.2, 0.25) is 0 Å². The van der Waals surface area contributed by atoms with E-state index in [1.54, 1.807) is 19.1 Å². The molecule has 0 amide bonds. The summed E-state index contributed by atoms with van der Waals surface area (Å²) in [6.07, 6.45) is 0. The number of rotatable bonds is 3. The molecule has 0 aliphatic carbocycles. The Labute approximate surface area is 113 Å². The minimum atomic E-state index is -0.412. The third kappa shape index (κ3) is 3.12. The van der Waals surface area contributed by atoms with Gasteiger partial charge in [-0.05, 0) is 30.3 Å². The van der Waals surface area contributed by atoms with Gasteiger partial charge in [-0.3, -0.25) is 4.79 Å². The lowest BCUT2D eigenvalue weighted by atomic mass is 10.1. The number of nitrogens with zero attached hydrogens (tertiary/aromatic N) is 1. The highest BCUT2D eigenvalue weighted by Gasteiger charge is 2.14. The maximum absolute atomic E-state index is 13.9. The molecule has 0 saturated carbocycles. The van der Waals surface area contributed by atoms with E-state index in [1.807, 2.05) is 0 Å². The molecular formula is C12H13FN4OS. The average Bonchev–Trinajstić information content (AvgIpc) is 2.30. The van der Waals surface area contributed by atoms with Gasteiger partial charge in [0.05, 0.1) is 4.90 Å². The monoisotopic (exact) mass is 280 g/mol. The van der Waals surface area contributed by atoms with Crippen molar-refractivity contribution in [2.24, 2.45) is 5.73 Å². The Bertz CT molecular complexity index is 656. The number of hydrogen-bond acceptors (Lipinski definition) is 5. The zero-order valence-corrected chi connectivity index (χ0v) is 11.0. The summed E-state index contributed by atoms with van der Waals surface area (Å²) in [5, 5.41) is 0.233. The highest BCUT2D eigenvalue weighted by Crippen LogP contribution is 2.32. The van der Waals surface area contributed by atoms with E-state index in [-0.39, 0.29) is 22.6 Å². The molecule has 0 fully saturated rings. The van der Waals surface area contributed by atoms with Crippen LogP contribution in [0.5, 0.6) is 0 Å². The Morgan fingerprint density at radius 2 is 2.21 bits per heavy atom. The highest BCUT2D eigenvalue weighted by atomic mass is 32.2. The number of nitrogens with one attached hydrogen (secondary N) is 1. The molecule has 0 saturated heterocycles. The van der Waals surface area contributed by atoms with E-state index in [0.717, 1.165) is 17.8 Å². The van der Waals surface area contributed by atoms with Crippen molar-refractivity contribution in [3.63, 3.8) is 0 Å². The first-order valence-electron chi connectivity index (χ1n) is 5.56. The van der Waals surface area contributed by atoms with Crippen molar-refractivity contribution in [2.45, 2.75) is 23.0 Å². The zero-order chi connectivity index (χ0) is 14.0. The SMILES string of the molecule is CC(N)c1cccc(F)c1Sc1nc(N)cc(=O)[nH]1. The summed E-state index contributed by atoms with van der Waals surface area (Å²) >= 11 is 0.996. The molecule has 1 atom stereocenters. The third-order valence-corrected chi connectivity index (χ3v) is 3.45. The molecule has 0 aliphatic rings. The van der Waals surface area contributed by atoms with E-state index in [9.17, 15) is 9.18 Å². The Kier molecular flexibility index (Phi) is 3.87. The number of aromatic nitrogens is 2. The van der Waals surface area contributed by atoms with Gasteiger partial charge in [0.15, 0.2) is 5.16 Å². The van der Waals surface area contributed by atoms with E-state index in [2.05, 4.69) is 9.97 Å². The second kappa shape index (κ2) is 5.41. The fourth-order valence-electron chi connectivity index (χ4n) is 1.59. The average molecular weight is 280 g/mol. The van der Waals surface area contributed by atoms with Crippen LogP contribution in [0.4, 0.5) is 10.2 Å². The van der Waals surface area contributed by atoms with Gasteiger partial charge in [-0.25, -0.2) is 9.37 Å². The van der Waals surface area contributed by atoms with Gasteiger partial charge in [0, 0.05) is 12.1 Å². The fourth-order valence-corrected chi connectivity index (χ4v) is 2.62. The van der Waals surface area contributed by atoms with Gasteiger partial charge in [0.1, 0.15) is 11.6 Å². The van der Waals surface area contributed by atoms with Crippen molar-refractivity contribution in [1.29, 1.82) is 0 Å². The van der Waals surface area contributed by atoms with Crippen molar-refractivity contribution in [2.75, 3.05) is 5.73 Å². The van der Waals surface area contributed by atoms with Crippen molar-refractivity contribution in [3.05, 3.63) is 46.0 Å². The third-order valence-electron chi connectivity index (χ3n) is 2.43. The van der Waals surface area contributed by atoms with Gasteiger partial charge in [-0.2, -0.15) is 0 Å². The number of H-pyrrole nitrogens is 1. The Hall–Kier alpha value is -1.86. The molecule has 0 aliphatic heterocycles. The molecule has 1 unspecified atom stereocenters. The number of aromatic amines is 1. The van der Waals surface area contributed by atoms with E-state index in [4.69, 9.17) is 11.5 Å². The standard InChI is InChI=1S/C12H13FN4OS/c1-6(14)7-3-2-4-8(13)11(7)19-12-16-9(15)5-10(18)17-12/h2-6H,14H2,1H3,(H3,15,16,17,18). The minimum Gasteiger partial charge on any atom is -0.383 e. The van der Waals surface area contributed by atoms with Gasteiger partial charge < -0.3 is 16.5 Å². The smallest absolute Gasteiger partial charge is 0.253 e. The fraction of sp³-hybridized carbons (Fsp3) is 0.167. The molecule has 1 heterocycles. The highest BCUT2D eigenvalue weighted by molar-refractivity contribution is 7.99. The molecule has 0 spiro atoms. The van der Waals surface area contributed by atoms with Gasteiger partial charge in [0.25, 0.3) is 5.56 Å². The number of anilines is 1. The van der Waals surface area contributed by atoms with Crippen molar-refractivity contribution in [3.8, 4) is 0 Å². The molecule has 0 bridgehead atoms. The number of benzene rings is 1. The lowest BCUT2D eigenvalue weighted by Crippen LogP contribution is -2.11. The zero-order valence-electron chi connectivity index (χ0n) is 10.2. The van der Waals surface area contributed by atoms with E-state index < -0.39 is 5.82 Å². The first-order chi connectivity index (χ1) is 8.97. The van der Waals surface area contributed by atoms with Crippen LogP contribution in [0.2, 0.25) is 0 Å². The lowest BCUT2D eigenvalue weighted by molar-refractivity contribution is 0.591. The Morgan fingerprint density at radius 3 is 2.84 bits per heavy atom. The maximum atomic E-state index is 13.9. The summed E-state index contributed by atoms with van der Waals surface area (Å²) in [6, 6.07) is 5.50. The predicted octanol–water partition coefficient (Wildman–Crippen LogP) is 1.66. The first-order valence-corrected chi connectivity index (χ1v) is 6.37. The van der Waals surface area contributed by atoms with Crippen LogP contribution in [0.15, 0.2) is 39.1 Å². The van der Waals surface area contributed by atoms with Gasteiger partial charge in [-0.15, -0.1) is 0 Å². The summed E-state index contributed by atoms with van der Waals surface area (Å²) in [5.74, 6) is -0.324. The number of hydrogen-bond donors (Lipinski definition) is 3. The molecular weight excluding hydrogens is 267 g/mol. The molecule has 100 valence electrons. The van der Waals surface area contributed by atoms with Crippen LogP contribution in [0.3, 0.4) is 0 Å². The van der Waals surface area contributed by atoms with Crippen LogP contribution in [0.25, 0.3) is 0 Å². The molecule has 0 radical (unpaired) electrons. The van der Waals surface area contributed by atoms with Crippen LogP contribution < -0.4 is 17.0 Å². The number of nitrogen functional groups attached to an aromatic ring is 1. The molecule has 19 heavy (non-hydrogen) atoms. The number of nitrogens with two attached hydrogens (primary N) is 2. The lowest BCUT2D eigenvalue weighted by Gasteiger charge is -2.12. The molecule has 2 aromatic rings. The molecule has 7 heteroatoms. The summed E-state index contributed by atoms with van der Waals surface area (Å²) < 4.78 is 13.9. The molecule has 1 aromatic carbocycles. The van der Waals surface area contributed by atoms with Crippen LogP contribution in [-0.2, 0) is 0 Å². The quantitative estimate of drug-likeness (QED) is 0.743. The van der Waals surface area contributed by atoms with Crippen LogP contribution >= 0.6 is 11.8 Å². The second-order valence-electron chi connectivity index (χ2n) is 4.02. The minimum absolute atomic E-state index is 0.0879. The van der Waals surface area contributed by atoms with Crippen LogP contribution in [-0.4, -0.2) is 9.97 Å². The topological polar surface area (TPSA) is 97.8 Å². The van der Waals surface area contributed by atoms with Gasteiger partial charge >= 0.3 is 0 Å². The van der Waals surface area contributed by atoms with Crippen molar-refractivity contribution >= 4 is 17.6 Å². The Morgan fingerprint density at radius 1 is 1.47 bits per heavy atom. The van der Waals surface area contributed by atoms with Crippen molar-refractivity contribution < 1.29 is 4.39 Å². The largest absolute Gasteiger partial charge is 0.383 e. The summed E-state index contributed by atoms with van der Waals surface area (Å²) in [7, 11) is 0. The molecule has 2 rings (SSSR count). The van der Waals surface area contributed by atoms with Crippen LogP contribution in [0, 0.1) is 5.82 Å². The summed E-state index contributed by atoms with van der Waals surface area (Å²) in [5.41, 5.74) is 11.6.